The second kappa shape index (κ2) is 10.7. The molecule has 0 saturated carbocycles. The van der Waals surface area contributed by atoms with Crippen molar-refractivity contribution in [1.29, 1.82) is 0 Å². The van der Waals surface area contributed by atoms with E-state index in [1.54, 1.807) is 0 Å². The minimum absolute atomic E-state index is 0.0386. The summed E-state index contributed by atoms with van der Waals surface area (Å²) >= 11 is 0. The average Bonchev–Trinajstić information content (AvgIpc) is 3.53. The summed E-state index contributed by atoms with van der Waals surface area (Å²) in [6.07, 6.45) is -2.04. The Bertz CT molecular complexity index is 1760. The monoisotopic (exact) mass is 661 g/mol. The molecule has 1 aromatic carbocycles. The van der Waals surface area contributed by atoms with Crippen molar-refractivity contribution in [3.8, 4) is 23.1 Å². The van der Waals surface area contributed by atoms with Crippen LogP contribution in [0.4, 0.5) is 33.5 Å². The Labute approximate surface area is 267 Å². The summed E-state index contributed by atoms with van der Waals surface area (Å²) in [6, 6.07) is 1.59. The van der Waals surface area contributed by atoms with Crippen LogP contribution >= 0.6 is 0 Å². The fraction of sp³-hybridized carbons (Fsp3) is 0.594. The van der Waals surface area contributed by atoms with E-state index in [1.165, 1.54) is 0 Å². The lowest BCUT2D eigenvalue weighted by atomic mass is 9.99. The number of nitrogens with zero attached hydrogens (tertiary/aromatic N) is 5. The summed E-state index contributed by atoms with van der Waals surface area (Å²) in [7, 11) is 0. The van der Waals surface area contributed by atoms with Crippen LogP contribution in [0.15, 0.2) is 12.1 Å². The van der Waals surface area contributed by atoms with E-state index < -0.39 is 40.7 Å². The van der Waals surface area contributed by atoms with Crippen molar-refractivity contribution < 1.29 is 36.2 Å². The smallest absolute Gasteiger partial charge is 0.419 e. The molecule has 0 unspecified atom stereocenters. The lowest BCUT2D eigenvalue weighted by Crippen LogP contribution is -2.62. The van der Waals surface area contributed by atoms with E-state index in [4.69, 9.17) is 24.9 Å². The van der Waals surface area contributed by atoms with Crippen LogP contribution in [-0.2, 0) is 10.9 Å². The summed E-state index contributed by atoms with van der Waals surface area (Å²) in [6.45, 7) is 8.05. The Morgan fingerprint density at radius 3 is 2.70 bits per heavy atom. The van der Waals surface area contributed by atoms with Gasteiger partial charge in [-0.3, -0.25) is 4.90 Å². The maximum absolute atomic E-state index is 16.7. The van der Waals surface area contributed by atoms with Crippen molar-refractivity contribution in [2.45, 2.75) is 94.5 Å². The summed E-state index contributed by atoms with van der Waals surface area (Å²) < 4.78 is 92.6. The highest BCUT2D eigenvalue weighted by Gasteiger charge is 2.48. The number of hydrogen-bond acceptors (Lipinski definition) is 10. The molecule has 10 nitrogen and oxygen atoms in total. The Balaban J connectivity index is 1.27. The third-order valence-corrected chi connectivity index (χ3v) is 10.3. The molecule has 0 aliphatic carbocycles. The van der Waals surface area contributed by atoms with Gasteiger partial charge in [0, 0.05) is 48.5 Å². The van der Waals surface area contributed by atoms with Gasteiger partial charge in [0.05, 0.1) is 18.2 Å². The Morgan fingerprint density at radius 2 is 1.91 bits per heavy atom. The number of halogens is 5. The first kappa shape index (κ1) is 30.8. The van der Waals surface area contributed by atoms with Crippen LogP contribution in [0, 0.1) is 11.6 Å². The van der Waals surface area contributed by atoms with Gasteiger partial charge < -0.3 is 30.2 Å². The third-order valence-electron chi connectivity index (χ3n) is 10.3. The van der Waals surface area contributed by atoms with Crippen molar-refractivity contribution in [3.63, 3.8) is 0 Å². The van der Waals surface area contributed by atoms with Crippen LogP contribution in [0.3, 0.4) is 0 Å². The van der Waals surface area contributed by atoms with Crippen LogP contribution in [0.1, 0.15) is 52.0 Å². The van der Waals surface area contributed by atoms with E-state index in [2.05, 4.69) is 25.1 Å². The van der Waals surface area contributed by atoms with E-state index in [0.717, 1.165) is 38.3 Å². The molecule has 5 aliphatic rings. The van der Waals surface area contributed by atoms with Gasteiger partial charge in [-0.15, -0.1) is 0 Å². The second-order valence-electron chi connectivity index (χ2n) is 14.0. The third kappa shape index (κ3) is 5.12. The zero-order valence-electron chi connectivity index (χ0n) is 26.2. The number of fused-ring (bicyclic) bond motifs is 6. The molecule has 252 valence electrons. The molecular weight excluding hydrogens is 625 g/mol. The normalized spacial score (nSPS) is 29.7. The number of nitrogen functional groups attached to an aromatic ring is 1. The zero-order valence-corrected chi connectivity index (χ0v) is 26.2. The molecule has 0 amide bonds. The zero-order chi connectivity index (χ0) is 33.0. The van der Waals surface area contributed by atoms with E-state index in [0.29, 0.717) is 25.0 Å². The second-order valence-corrected chi connectivity index (χ2v) is 14.0. The minimum atomic E-state index is -5.16. The summed E-state index contributed by atoms with van der Waals surface area (Å²) in [5, 5.41) is 3.74. The number of alkyl halides is 3. The maximum Gasteiger partial charge on any atom is 0.419 e. The summed E-state index contributed by atoms with van der Waals surface area (Å²) in [4.78, 5) is 17.9. The standard InChI is InChI=1S/C32H36F5N7O3/c1-14-27-21-7-4-16(39-21)10-43(27)28-22-26(41-30(42-28)45-11-17-5-6-18-12-46-31(2,3)13-44(17)18)24(34)25(40-29(22)47-14)19-8-15(38)9-20(33)23(19)32(35,36)37/h8-9,14,16-18,21,27,39H,4-7,10-13,38H2,1-3H3/t14-,16+,17+,18+,21-,27+/m0/s1. The molecule has 15 heteroatoms. The van der Waals surface area contributed by atoms with Gasteiger partial charge in [-0.2, -0.15) is 23.1 Å². The van der Waals surface area contributed by atoms with Crippen molar-refractivity contribution >= 4 is 22.4 Å². The number of ether oxygens (including phenoxy) is 3. The molecule has 47 heavy (non-hydrogen) atoms. The van der Waals surface area contributed by atoms with Gasteiger partial charge in [0.1, 0.15) is 46.5 Å². The summed E-state index contributed by atoms with van der Waals surface area (Å²) in [5.74, 6) is -2.61. The van der Waals surface area contributed by atoms with E-state index in [-0.39, 0.29) is 70.9 Å². The molecule has 4 fully saturated rings. The van der Waals surface area contributed by atoms with Gasteiger partial charge in [-0.25, -0.2) is 13.8 Å². The Morgan fingerprint density at radius 1 is 1.11 bits per heavy atom. The van der Waals surface area contributed by atoms with Crippen molar-refractivity contribution in [2.75, 3.05) is 36.9 Å². The topological polar surface area (TPSA) is 111 Å². The van der Waals surface area contributed by atoms with Gasteiger partial charge in [-0.1, -0.05) is 0 Å². The van der Waals surface area contributed by atoms with Gasteiger partial charge in [0.25, 0.3) is 0 Å². The number of nitrogens with two attached hydrogens (primary N) is 1. The van der Waals surface area contributed by atoms with Gasteiger partial charge in [0.15, 0.2) is 5.82 Å². The van der Waals surface area contributed by atoms with Crippen LogP contribution < -0.4 is 25.4 Å². The maximum atomic E-state index is 16.7. The van der Waals surface area contributed by atoms with Crippen molar-refractivity contribution in [3.05, 3.63) is 29.3 Å². The number of rotatable bonds is 4. The van der Waals surface area contributed by atoms with Crippen LogP contribution in [0.5, 0.6) is 11.9 Å². The number of aromatic nitrogens is 3. The molecule has 3 N–H and O–H groups in total. The molecule has 7 heterocycles. The molecule has 2 aromatic heterocycles. The van der Waals surface area contributed by atoms with Gasteiger partial charge >= 0.3 is 12.2 Å². The summed E-state index contributed by atoms with van der Waals surface area (Å²) in [5.41, 5.74) is 1.51. The van der Waals surface area contributed by atoms with Crippen molar-refractivity contribution in [1.82, 2.24) is 25.2 Å². The van der Waals surface area contributed by atoms with E-state index in [1.807, 2.05) is 20.8 Å². The quantitative estimate of drug-likeness (QED) is 0.302. The fourth-order valence-corrected chi connectivity index (χ4v) is 8.24. The predicted molar refractivity (Wildman–Crippen MR) is 162 cm³/mol. The van der Waals surface area contributed by atoms with Crippen LogP contribution in [-0.4, -0.2) is 88.1 Å². The first-order chi connectivity index (χ1) is 22.3. The Hall–Kier alpha value is -3.56. The van der Waals surface area contributed by atoms with E-state index in [9.17, 15) is 17.6 Å². The molecule has 4 saturated heterocycles. The average molecular weight is 662 g/mol. The molecule has 3 aromatic rings. The molecule has 2 bridgehead atoms. The number of morpholine rings is 1. The predicted octanol–water partition coefficient (Wildman–Crippen LogP) is 4.68. The number of piperazine rings is 1. The minimum Gasteiger partial charge on any atom is -0.472 e. The SMILES string of the molecule is C[C@@H]1Oc2nc(-c3cc(N)cc(F)c3C(F)(F)F)c(F)c3nc(OC[C@H]4CC[C@@H]5COC(C)(C)CN45)nc(c23)N2C[C@H]3CC[C@H](N3)[C@@H]12. The Kier molecular flexibility index (Phi) is 7.02. The molecule has 5 aliphatic heterocycles. The van der Waals surface area contributed by atoms with Crippen LogP contribution in [0.25, 0.3) is 22.2 Å². The highest BCUT2D eigenvalue weighted by Crippen LogP contribution is 2.47. The molecule has 6 atom stereocenters. The number of nitrogens with one attached hydrogen (secondary N) is 1. The number of pyridine rings is 1. The number of benzene rings is 1. The molecule has 0 spiro atoms. The van der Waals surface area contributed by atoms with Crippen LogP contribution in [0.2, 0.25) is 0 Å². The molecular formula is C32H36F5N7O3. The first-order valence-corrected chi connectivity index (χ1v) is 16.1. The van der Waals surface area contributed by atoms with Gasteiger partial charge in [-0.05, 0) is 58.6 Å². The van der Waals surface area contributed by atoms with Crippen molar-refractivity contribution in [2.24, 2.45) is 0 Å². The number of hydrogen-bond donors (Lipinski definition) is 2. The molecule has 0 radical (unpaired) electrons. The fourth-order valence-electron chi connectivity index (χ4n) is 8.24. The highest BCUT2D eigenvalue weighted by molar-refractivity contribution is 5.97. The highest BCUT2D eigenvalue weighted by atomic mass is 19.4. The largest absolute Gasteiger partial charge is 0.472 e. The van der Waals surface area contributed by atoms with E-state index >= 15 is 4.39 Å². The first-order valence-electron chi connectivity index (χ1n) is 16.1. The van der Waals surface area contributed by atoms with Gasteiger partial charge in [0.2, 0.25) is 5.88 Å². The molecule has 8 rings (SSSR count). The lowest BCUT2D eigenvalue weighted by Gasteiger charge is -2.43. The number of anilines is 2. The lowest BCUT2D eigenvalue weighted by molar-refractivity contribution is -0.139.